The third-order valence-corrected chi connectivity index (χ3v) is 6.15. The Labute approximate surface area is 173 Å². The number of rotatable bonds is 4. The van der Waals surface area contributed by atoms with Crippen LogP contribution < -0.4 is 15.8 Å². The summed E-state index contributed by atoms with van der Waals surface area (Å²) < 4.78 is 27.1. The van der Waals surface area contributed by atoms with Gasteiger partial charge in [-0.25, -0.2) is 18.4 Å². The average molecular weight is 449 g/mol. The fraction of sp³-hybridized carbons (Fsp3) is 0.143. The molecule has 0 fully saturated rings. The average Bonchev–Trinajstić information content (AvgIpc) is 3.26. The molecule has 2 aliphatic heterocycles. The first-order chi connectivity index (χ1) is 13.8. The maximum atomic E-state index is 12.4. The first-order valence-corrected chi connectivity index (χ1v) is 10.7. The predicted octanol–water partition coefficient (Wildman–Crippen LogP) is 1.11. The molecule has 4 N–H and O–H groups in total. The van der Waals surface area contributed by atoms with Crippen molar-refractivity contribution in [2.75, 3.05) is 4.72 Å². The Morgan fingerprint density at radius 3 is 2.66 bits per heavy atom. The molecule has 0 aliphatic carbocycles. The fourth-order valence-corrected chi connectivity index (χ4v) is 4.42. The van der Waals surface area contributed by atoms with E-state index >= 15 is 0 Å². The van der Waals surface area contributed by atoms with Crippen LogP contribution in [-0.2, 0) is 10.0 Å². The van der Waals surface area contributed by atoms with Gasteiger partial charge < -0.3 is 11.1 Å². The van der Waals surface area contributed by atoms with Crippen LogP contribution >= 0.6 is 23.6 Å². The minimum Gasteiger partial charge on any atom is -0.369 e. The standard InChI is InChI=1S/C14H12N10O2S3/c1-6-20-23-14(28-6)24-29(25,26)8-4-2-7(3-5-8)21-22-13-16-9-10(18-13)17-12(15)19-11(9)27/h2-5,9H,1H3,(H,23,24)(H3,15,16,17,18,19,27). The maximum Gasteiger partial charge on any atom is 0.267 e. The summed E-state index contributed by atoms with van der Waals surface area (Å²) in [6.45, 7) is 1.73. The molecular formula is C14H12N10O2S3. The Hall–Kier alpha value is -3.17. The van der Waals surface area contributed by atoms with Gasteiger partial charge in [-0.1, -0.05) is 23.6 Å². The van der Waals surface area contributed by atoms with Crippen LogP contribution in [-0.4, -0.2) is 47.4 Å². The second kappa shape index (κ2) is 7.34. The lowest BCUT2D eigenvalue weighted by Gasteiger charge is -2.16. The van der Waals surface area contributed by atoms with Crippen molar-refractivity contribution < 1.29 is 8.42 Å². The van der Waals surface area contributed by atoms with E-state index in [1.165, 1.54) is 24.3 Å². The SMILES string of the molecule is Cc1nnc(NS(=O)(=O)c2ccc(N=NC3=NC4C(=S)N=C(N)NC4=N3)cc2)s1. The molecule has 148 valence electrons. The van der Waals surface area contributed by atoms with Crippen molar-refractivity contribution in [2.24, 2.45) is 30.9 Å². The monoisotopic (exact) mass is 448 g/mol. The van der Waals surface area contributed by atoms with E-state index in [4.69, 9.17) is 18.0 Å². The molecule has 1 aromatic heterocycles. The van der Waals surface area contributed by atoms with Crippen molar-refractivity contribution in [3.8, 4) is 0 Å². The molecule has 0 radical (unpaired) electrons. The number of guanidine groups is 2. The topological polar surface area (TPSA) is 172 Å². The summed E-state index contributed by atoms with van der Waals surface area (Å²) in [7, 11) is -3.78. The number of aromatic nitrogens is 2. The molecule has 0 saturated carbocycles. The van der Waals surface area contributed by atoms with E-state index in [1.807, 2.05) is 0 Å². The van der Waals surface area contributed by atoms with Crippen LogP contribution in [0.1, 0.15) is 5.01 Å². The summed E-state index contributed by atoms with van der Waals surface area (Å²) >= 11 is 6.25. The molecule has 2 aliphatic rings. The molecule has 4 rings (SSSR count). The largest absolute Gasteiger partial charge is 0.369 e. The highest BCUT2D eigenvalue weighted by Gasteiger charge is 2.30. The molecule has 0 bridgehead atoms. The smallest absolute Gasteiger partial charge is 0.267 e. The number of benzene rings is 1. The van der Waals surface area contributed by atoms with E-state index in [2.05, 4.69) is 45.4 Å². The van der Waals surface area contributed by atoms with Gasteiger partial charge in [0.25, 0.3) is 16.0 Å². The second-order valence-electron chi connectivity index (χ2n) is 5.71. The number of nitrogens with one attached hydrogen (secondary N) is 2. The zero-order valence-corrected chi connectivity index (χ0v) is 17.1. The molecule has 1 unspecified atom stereocenters. The van der Waals surface area contributed by atoms with Gasteiger partial charge in [0.1, 0.15) is 15.8 Å². The third kappa shape index (κ3) is 4.15. The molecule has 0 spiro atoms. The number of azo groups is 1. The number of fused-ring (bicyclic) bond motifs is 1. The Kier molecular flexibility index (Phi) is 4.85. The van der Waals surface area contributed by atoms with Gasteiger partial charge in [0.05, 0.1) is 10.6 Å². The highest BCUT2D eigenvalue weighted by Crippen LogP contribution is 2.22. The minimum absolute atomic E-state index is 0.0518. The summed E-state index contributed by atoms with van der Waals surface area (Å²) in [6.07, 6.45) is 0. The summed E-state index contributed by atoms with van der Waals surface area (Å²) in [4.78, 5) is 12.6. The number of anilines is 1. The number of hydrogen-bond acceptors (Lipinski definition) is 12. The van der Waals surface area contributed by atoms with Crippen LogP contribution in [0, 0.1) is 6.92 Å². The van der Waals surface area contributed by atoms with E-state index in [-0.39, 0.29) is 26.9 Å². The first kappa shape index (κ1) is 19.2. The molecule has 0 saturated heterocycles. The number of amidine groups is 1. The summed E-state index contributed by atoms with van der Waals surface area (Å²) in [5.41, 5.74) is 6.01. The molecular weight excluding hydrogens is 436 g/mol. The lowest BCUT2D eigenvalue weighted by Crippen LogP contribution is -2.48. The molecule has 15 heteroatoms. The number of aliphatic imine (C=N–C) groups is 3. The first-order valence-electron chi connectivity index (χ1n) is 7.96. The van der Waals surface area contributed by atoms with Gasteiger partial charge in [0.2, 0.25) is 5.13 Å². The fourth-order valence-electron chi connectivity index (χ4n) is 2.34. The van der Waals surface area contributed by atoms with E-state index in [9.17, 15) is 8.42 Å². The van der Waals surface area contributed by atoms with Gasteiger partial charge in [0.15, 0.2) is 12.0 Å². The molecule has 29 heavy (non-hydrogen) atoms. The zero-order chi connectivity index (χ0) is 20.6. The lowest BCUT2D eigenvalue weighted by atomic mass is 10.2. The Bertz CT molecular complexity index is 1210. The number of sulfonamides is 1. The van der Waals surface area contributed by atoms with Gasteiger partial charge in [-0.2, -0.15) is 4.99 Å². The van der Waals surface area contributed by atoms with Crippen molar-refractivity contribution in [1.82, 2.24) is 15.5 Å². The van der Waals surface area contributed by atoms with Crippen molar-refractivity contribution in [3.05, 3.63) is 29.3 Å². The number of hydrogen-bond donors (Lipinski definition) is 3. The summed E-state index contributed by atoms with van der Waals surface area (Å²) in [6, 6.07) is 5.27. The highest BCUT2D eigenvalue weighted by atomic mass is 32.2. The van der Waals surface area contributed by atoms with E-state index < -0.39 is 16.1 Å². The van der Waals surface area contributed by atoms with E-state index in [0.717, 1.165) is 11.3 Å². The normalized spacial score (nSPS) is 18.7. The number of aryl methyl sites for hydroxylation is 1. The Morgan fingerprint density at radius 2 is 1.97 bits per heavy atom. The molecule has 1 aromatic carbocycles. The second-order valence-corrected chi connectivity index (χ2v) is 9.00. The van der Waals surface area contributed by atoms with Gasteiger partial charge in [0, 0.05) is 0 Å². The third-order valence-electron chi connectivity index (χ3n) is 3.59. The summed E-state index contributed by atoms with van der Waals surface area (Å²) in [5.74, 6) is 0.693. The maximum absolute atomic E-state index is 12.4. The van der Waals surface area contributed by atoms with Crippen molar-refractivity contribution in [3.63, 3.8) is 0 Å². The number of nitrogens with two attached hydrogens (primary N) is 1. The molecule has 3 heterocycles. The van der Waals surface area contributed by atoms with Gasteiger partial charge in [-0.3, -0.25) is 4.72 Å². The quantitative estimate of drug-likeness (QED) is 0.464. The Morgan fingerprint density at radius 1 is 1.21 bits per heavy atom. The minimum atomic E-state index is -3.78. The lowest BCUT2D eigenvalue weighted by molar-refractivity contribution is 0.601. The zero-order valence-electron chi connectivity index (χ0n) is 14.6. The molecule has 12 nitrogen and oxygen atoms in total. The van der Waals surface area contributed by atoms with Crippen LogP contribution in [0.3, 0.4) is 0 Å². The number of thiocarbonyl (C=S) groups is 1. The van der Waals surface area contributed by atoms with Crippen LogP contribution in [0.5, 0.6) is 0 Å². The van der Waals surface area contributed by atoms with E-state index in [0.29, 0.717) is 16.5 Å². The van der Waals surface area contributed by atoms with Gasteiger partial charge in [-0.15, -0.1) is 20.4 Å². The molecule has 1 atom stereocenters. The summed E-state index contributed by atoms with van der Waals surface area (Å²) in [5, 5.41) is 19.1. The number of nitrogens with zero attached hydrogens (tertiary/aromatic N) is 7. The van der Waals surface area contributed by atoms with Crippen molar-refractivity contribution in [2.45, 2.75) is 17.9 Å². The Balaban J connectivity index is 1.46. The van der Waals surface area contributed by atoms with Crippen molar-refractivity contribution >= 4 is 67.1 Å². The van der Waals surface area contributed by atoms with Crippen LogP contribution in [0.15, 0.2) is 54.4 Å². The van der Waals surface area contributed by atoms with E-state index in [1.54, 1.807) is 6.92 Å². The van der Waals surface area contributed by atoms with Crippen LogP contribution in [0.4, 0.5) is 10.8 Å². The van der Waals surface area contributed by atoms with Crippen molar-refractivity contribution in [1.29, 1.82) is 0 Å². The van der Waals surface area contributed by atoms with Crippen LogP contribution in [0.25, 0.3) is 0 Å². The molecule has 0 amide bonds. The highest BCUT2D eigenvalue weighted by molar-refractivity contribution is 7.93. The predicted molar refractivity (Wildman–Crippen MR) is 112 cm³/mol. The van der Waals surface area contributed by atoms with Crippen LogP contribution in [0.2, 0.25) is 0 Å². The van der Waals surface area contributed by atoms with Gasteiger partial charge >= 0.3 is 0 Å². The molecule has 2 aromatic rings. The van der Waals surface area contributed by atoms with Gasteiger partial charge in [-0.05, 0) is 31.2 Å².